The Morgan fingerprint density at radius 3 is 2.47 bits per heavy atom. The van der Waals surface area contributed by atoms with Gasteiger partial charge in [-0.3, -0.25) is 14.3 Å². The van der Waals surface area contributed by atoms with Crippen molar-refractivity contribution in [3.05, 3.63) is 53.7 Å². The summed E-state index contributed by atoms with van der Waals surface area (Å²) < 4.78 is 22.5. The van der Waals surface area contributed by atoms with E-state index in [1.807, 2.05) is 0 Å². The van der Waals surface area contributed by atoms with Gasteiger partial charge in [0.15, 0.2) is 17.2 Å². The van der Waals surface area contributed by atoms with E-state index >= 15 is 0 Å². The van der Waals surface area contributed by atoms with Crippen molar-refractivity contribution in [2.45, 2.75) is 6.54 Å². The molecule has 3 aromatic rings. The van der Waals surface area contributed by atoms with E-state index in [4.69, 9.17) is 18.6 Å². The average Bonchev–Trinajstić information content (AvgIpc) is 3.40. The molecule has 0 saturated carbocycles. The molecule has 158 valence electrons. The zero-order valence-corrected chi connectivity index (χ0v) is 17.0. The van der Waals surface area contributed by atoms with Gasteiger partial charge in [-0.1, -0.05) is 0 Å². The highest BCUT2D eigenvalue weighted by atomic mass is 16.5. The molecule has 0 radical (unpaired) electrons. The third-order valence-electron chi connectivity index (χ3n) is 4.24. The Balaban J connectivity index is 1.83. The highest BCUT2D eigenvalue weighted by Gasteiger charge is 2.23. The number of aryl methyl sites for hydroxylation is 1. The van der Waals surface area contributed by atoms with Crippen molar-refractivity contribution < 1.29 is 28.2 Å². The largest absolute Gasteiger partial charge is 0.493 e. The maximum Gasteiger partial charge on any atom is 0.274 e. The van der Waals surface area contributed by atoms with E-state index in [9.17, 15) is 9.59 Å². The Kier molecular flexibility index (Phi) is 6.26. The first-order chi connectivity index (χ1) is 14.5. The number of hydrogen-bond donors (Lipinski definition) is 2. The van der Waals surface area contributed by atoms with Crippen molar-refractivity contribution in [1.29, 1.82) is 0 Å². The fourth-order valence-electron chi connectivity index (χ4n) is 2.88. The lowest BCUT2D eigenvalue weighted by Gasteiger charge is -2.15. The van der Waals surface area contributed by atoms with Crippen LogP contribution in [0, 0.1) is 0 Å². The molecule has 0 bridgehead atoms. The van der Waals surface area contributed by atoms with Crippen LogP contribution in [-0.4, -0.2) is 42.9 Å². The Bertz CT molecular complexity index is 1040. The molecular weight excluding hydrogens is 392 g/mol. The van der Waals surface area contributed by atoms with E-state index in [0.717, 1.165) is 0 Å². The molecule has 0 spiro atoms. The third kappa shape index (κ3) is 4.22. The summed E-state index contributed by atoms with van der Waals surface area (Å²) in [6.07, 6.45) is 3.05. The number of nitrogens with zero attached hydrogens (tertiary/aromatic N) is 2. The Hall–Kier alpha value is -3.95. The number of carbonyl (C=O) groups excluding carboxylic acids is 2. The number of benzene rings is 1. The second-order valence-corrected chi connectivity index (χ2v) is 6.16. The minimum Gasteiger partial charge on any atom is -0.493 e. The fourth-order valence-corrected chi connectivity index (χ4v) is 2.88. The number of amides is 2. The molecule has 0 aliphatic carbocycles. The van der Waals surface area contributed by atoms with Crippen LogP contribution < -0.4 is 24.8 Å². The molecule has 2 heterocycles. The van der Waals surface area contributed by atoms with E-state index in [2.05, 4.69) is 15.7 Å². The number of carbonyl (C=O) groups is 2. The number of rotatable bonds is 8. The predicted molar refractivity (Wildman–Crippen MR) is 107 cm³/mol. The van der Waals surface area contributed by atoms with Crippen LogP contribution in [-0.2, 0) is 13.6 Å². The molecule has 0 aliphatic rings. The second-order valence-electron chi connectivity index (χ2n) is 6.16. The summed E-state index contributed by atoms with van der Waals surface area (Å²) in [6.45, 7) is 0.194. The summed E-state index contributed by atoms with van der Waals surface area (Å²) >= 11 is 0. The van der Waals surface area contributed by atoms with Crippen LogP contribution in [0.15, 0.2) is 41.1 Å². The van der Waals surface area contributed by atoms with Gasteiger partial charge in [0.25, 0.3) is 11.8 Å². The molecule has 3 rings (SSSR count). The minimum absolute atomic E-state index is 0.0665. The zero-order valence-electron chi connectivity index (χ0n) is 17.0. The number of furan rings is 1. The van der Waals surface area contributed by atoms with Crippen molar-refractivity contribution in [3.8, 4) is 17.2 Å². The van der Waals surface area contributed by atoms with E-state index in [-0.39, 0.29) is 35.0 Å². The van der Waals surface area contributed by atoms with E-state index in [0.29, 0.717) is 11.5 Å². The molecule has 1 aromatic carbocycles. The van der Waals surface area contributed by atoms with Gasteiger partial charge in [0.05, 0.1) is 45.4 Å². The van der Waals surface area contributed by atoms with Crippen LogP contribution in [0.25, 0.3) is 0 Å². The topological polar surface area (TPSA) is 117 Å². The number of hydrogen-bond acceptors (Lipinski definition) is 7. The lowest BCUT2D eigenvalue weighted by Crippen LogP contribution is -2.25. The Morgan fingerprint density at radius 1 is 1.07 bits per heavy atom. The lowest BCUT2D eigenvalue weighted by molar-refractivity contribution is 0.0943. The maximum atomic E-state index is 12.9. The molecule has 0 atom stereocenters. The molecule has 2 N–H and O–H groups in total. The van der Waals surface area contributed by atoms with Crippen molar-refractivity contribution in [3.63, 3.8) is 0 Å². The summed E-state index contributed by atoms with van der Waals surface area (Å²) in [5.41, 5.74) is 0.522. The molecule has 10 nitrogen and oxygen atoms in total. The molecule has 10 heteroatoms. The first-order valence-corrected chi connectivity index (χ1v) is 8.93. The monoisotopic (exact) mass is 414 g/mol. The average molecular weight is 414 g/mol. The molecule has 30 heavy (non-hydrogen) atoms. The third-order valence-corrected chi connectivity index (χ3v) is 4.24. The van der Waals surface area contributed by atoms with E-state index < -0.39 is 11.8 Å². The normalized spacial score (nSPS) is 10.4. The summed E-state index contributed by atoms with van der Waals surface area (Å²) in [7, 11) is 6.01. The van der Waals surface area contributed by atoms with Crippen LogP contribution in [0.5, 0.6) is 17.2 Å². The highest BCUT2D eigenvalue weighted by Crippen LogP contribution is 2.40. The first-order valence-electron chi connectivity index (χ1n) is 8.93. The Labute approximate surface area is 172 Å². The number of nitrogens with one attached hydrogen (secondary N) is 2. The molecule has 0 saturated heterocycles. The maximum absolute atomic E-state index is 12.9. The van der Waals surface area contributed by atoms with Gasteiger partial charge >= 0.3 is 0 Å². The van der Waals surface area contributed by atoms with Gasteiger partial charge in [-0.25, -0.2) is 0 Å². The van der Waals surface area contributed by atoms with Crippen LogP contribution >= 0.6 is 0 Å². The van der Waals surface area contributed by atoms with Gasteiger partial charge in [-0.2, -0.15) is 5.10 Å². The van der Waals surface area contributed by atoms with Gasteiger partial charge in [-0.15, -0.1) is 0 Å². The van der Waals surface area contributed by atoms with E-state index in [1.165, 1.54) is 38.5 Å². The molecule has 2 aromatic heterocycles. The SMILES string of the molecule is COc1ccc(C(=O)Nc2cn(C)nc2C(=O)NCc2ccco2)c(OC)c1OC. The quantitative estimate of drug-likeness (QED) is 0.580. The van der Waals surface area contributed by atoms with Crippen molar-refractivity contribution in [2.75, 3.05) is 26.6 Å². The summed E-state index contributed by atoms with van der Waals surface area (Å²) in [6, 6.07) is 6.61. The van der Waals surface area contributed by atoms with Crippen molar-refractivity contribution >= 4 is 17.5 Å². The highest BCUT2D eigenvalue weighted by molar-refractivity contribution is 6.10. The van der Waals surface area contributed by atoms with Crippen molar-refractivity contribution in [2.24, 2.45) is 7.05 Å². The molecule has 2 amide bonds. The van der Waals surface area contributed by atoms with Crippen LogP contribution in [0.3, 0.4) is 0 Å². The van der Waals surface area contributed by atoms with Gasteiger partial charge in [-0.05, 0) is 24.3 Å². The van der Waals surface area contributed by atoms with Gasteiger partial charge in [0.2, 0.25) is 5.75 Å². The number of methoxy groups -OCH3 is 3. The van der Waals surface area contributed by atoms with Crippen LogP contribution in [0.2, 0.25) is 0 Å². The molecule has 0 unspecified atom stereocenters. The first kappa shape index (κ1) is 20.8. The van der Waals surface area contributed by atoms with E-state index in [1.54, 1.807) is 31.3 Å². The summed E-state index contributed by atoms with van der Waals surface area (Å²) in [4.78, 5) is 25.5. The molecule has 0 fully saturated rings. The smallest absolute Gasteiger partial charge is 0.274 e. The number of anilines is 1. The van der Waals surface area contributed by atoms with Gasteiger partial charge in [0.1, 0.15) is 5.76 Å². The minimum atomic E-state index is -0.499. The molecular formula is C20H22N4O6. The van der Waals surface area contributed by atoms with Gasteiger partial charge in [0, 0.05) is 13.2 Å². The fraction of sp³-hybridized carbons (Fsp3) is 0.250. The lowest BCUT2D eigenvalue weighted by atomic mass is 10.1. The van der Waals surface area contributed by atoms with Crippen LogP contribution in [0.4, 0.5) is 5.69 Å². The number of aromatic nitrogens is 2. The summed E-state index contributed by atoms with van der Waals surface area (Å²) in [5, 5.41) is 9.55. The zero-order chi connectivity index (χ0) is 21.7. The predicted octanol–water partition coefficient (Wildman–Crippen LogP) is 2.22. The standard InChI is InChI=1S/C20H22N4O6/c1-24-11-14(16(23-24)20(26)21-10-12-6-5-9-30-12)22-19(25)13-7-8-15(27-2)18(29-4)17(13)28-3/h5-9,11H,10H2,1-4H3,(H,21,26)(H,22,25). The van der Waals surface area contributed by atoms with Gasteiger partial charge < -0.3 is 29.3 Å². The molecule has 0 aliphatic heterocycles. The van der Waals surface area contributed by atoms with Crippen molar-refractivity contribution in [1.82, 2.24) is 15.1 Å². The summed E-state index contributed by atoms with van der Waals surface area (Å²) in [5.74, 6) is 0.560. The second kappa shape index (κ2) is 9.03. The van der Waals surface area contributed by atoms with Crippen LogP contribution in [0.1, 0.15) is 26.6 Å². The number of ether oxygens (including phenoxy) is 3. The Morgan fingerprint density at radius 2 is 1.83 bits per heavy atom.